The van der Waals surface area contributed by atoms with Crippen molar-refractivity contribution in [1.29, 1.82) is 0 Å². The highest BCUT2D eigenvalue weighted by molar-refractivity contribution is 5.58. The third kappa shape index (κ3) is 1.53. The van der Waals surface area contributed by atoms with E-state index in [1.165, 1.54) is 5.56 Å². The predicted molar refractivity (Wildman–Crippen MR) is 62.3 cm³/mol. The Bertz CT molecular complexity index is 500. The zero-order valence-corrected chi connectivity index (χ0v) is 9.23. The van der Waals surface area contributed by atoms with E-state index in [0.29, 0.717) is 5.92 Å². The summed E-state index contributed by atoms with van der Waals surface area (Å²) in [5.41, 5.74) is 3.35. The van der Waals surface area contributed by atoms with Crippen LogP contribution in [-0.4, -0.2) is 18.1 Å². The molecule has 82 valence electrons. The van der Waals surface area contributed by atoms with Crippen LogP contribution in [0.25, 0.3) is 11.5 Å². The monoisotopic (exact) mass is 214 g/mol. The fraction of sp³-hybridized carbons (Fsp3) is 0.308. The van der Waals surface area contributed by atoms with Gasteiger partial charge in [0.05, 0.1) is 5.69 Å². The molecule has 0 amide bonds. The van der Waals surface area contributed by atoms with Gasteiger partial charge in [0.2, 0.25) is 5.89 Å². The largest absolute Gasteiger partial charge is 0.444 e. The first kappa shape index (κ1) is 9.60. The quantitative estimate of drug-likeness (QED) is 0.833. The lowest BCUT2D eigenvalue weighted by molar-refractivity contribution is 0.438. The topological polar surface area (TPSA) is 38.1 Å². The number of oxazole rings is 1. The van der Waals surface area contributed by atoms with Crippen molar-refractivity contribution in [3.63, 3.8) is 0 Å². The first-order valence-electron chi connectivity index (χ1n) is 5.57. The molecule has 1 aromatic heterocycles. The van der Waals surface area contributed by atoms with Gasteiger partial charge in [0, 0.05) is 24.6 Å². The van der Waals surface area contributed by atoms with Crippen molar-refractivity contribution in [3.8, 4) is 11.5 Å². The van der Waals surface area contributed by atoms with Gasteiger partial charge >= 0.3 is 0 Å². The van der Waals surface area contributed by atoms with Crippen molar-refractivity contribution in [2.24, 2.45) is 0 Å². The van der Waals surface area contributed by atoms with Crippen LogP contribution in [0.5, 0.6) is 0 Å². The van der Waals surface area contributed by atoms with Gasteiger partial charge in [0.1, 0.15) is 6.26 Å². The first-order chi connectivity index (χ1) is 7.84. The minimum absolute atomic E-state index is 0.529. The lowest BCUT2D eigenvalue weighted by atomic mass is 10.0. The summed E-state index contributed by atoms with van der Waals surface area (Å²) < 4.78 is 5.55. The Labute approximate surface area is 94.5 Å². The molecule has 0 aliphatic carbocycles. The Hall–Kier alpha value is -1.61. The summed E-state index contributed by atoms with van der Waals surface area (Å²) in [4.78, 5) is 4.56. The Morgan fingerprint density at radius 3 is 2.81 bits per heavy atom. The SMILES string of the molecule is Cc1ccccc1-c1nc(C2CNC2)co1. The molecule has 0 radical (unpaired) electrons. The van der Waals surface area contributed by atoms with Crippen LogP contribution < -0.4 is 5.32 Å². The summed E-state index contributed by atoms with van der Waals surface area (Å²) in [6.07, 6.45) is 1.78. The minimum atomic E-state index is 0.529. The van der Waals surface area contributed by atoms with E-state index in [2.05, 4.69) is 23.3 Å². The average molecular weight is 214 g/mol. The Kier molecular flexibility index (Phi) is 2.26. The molecule has 2 aromatic rings. The van der Waals surface area contributed by atoms with Gasteiger partial charge < -0.3 is 9.73 Å². The highest BCUT2D eigenvalue weighted by Gasteiger charge is 2.22. The molecule has 3 rings (SSSR count). The van der Waals surface area contributed by atoms with Gasteiger partial charge in [-0.1, -0.05) is 18.2 Å². The second-order valence-electron chi connectivity index (χ2n) is 4.25. The minimum Gasteiger partial charge on any atom is -0.444 e. The number of aryl methyl sites for hydroxylation is 1. The highest BCUT2D eigenvalue weighted by Crippen LogP contribution is 2.26. The van der Waals surface area contributed by atoms with Crippen molar-refractivity contribution in [3.05, 3.63) is 41.8 Å². The number of hydrogen-bond donors (Lipinski definition) is 1. The molecule has 1 N–H and O–H groups in total. The van der Waals surface area contributed by atoms with E-state index >= 15 is 0 Å². The van der Waals surface area contributed by atoms with E-state index in [1.807, 2.05) is 18.2 Å². The molecule has 16 heavy (non-hydrogen) atoms. The molecule has 1 fully saturated rings. The molecule has 2 heterocycles. The lowest BCUT2D eigenvalue weighted by Crippen LogP contribution is -2.40. The van der Waals surface area contributed by atoms with Gasteiger partial charge in [-0.05, 0) is 18.6 Å². The normalized spacial score (nSPS) is 16.1. The number of aromatic nitrogens is 1. The van der Waals surface area contributed by atoms with E-state index in [9.17, 15) is 0 Å². The van der Waals surface area contributed by atoms with Crippen LogP contribution in [0, 0.1) is 6.92 Å². The summed E-state index contributed by atoms with van der Waals surface area (Å²) in [6.45, 7) is 4.10. The molecule has 1 aliphatic heterocycles. The third-order valence-corrected chi connectivity index (χ3v) is 3.10. The van der Waals surface area contributed by atoms with Crippen LogP contribution in [0.1, 0.15) is 17.2 Å². The van der Waals surface area contributed by atoms with Crippen molar-refractivity contribution >= 4 is 0 Å². The Morgan fingerprint density at radius 2 is 2.12 bits per heavy atom. The van der Waals surface area contributed by atoms with Crippen LogP contribution >= 0.6 is 0 Å². The molecule has 1 aromatic carbocycles. The molecular weight excluding hydrogens is 200 g/mol. The molecule has 0 bridgehead atoms. The average Bonchev–Trinajstić information content (AvgIpc) is 2.65. The molecule has 3 heteroatoms. The highest BCUT2D eigenvalue weighted by atomic mass is 16.3. The summed E-state index contributed by atoms with van der Waals surface area (Å²) >= 11 is 0. The van der Waals surface area contributed by atoms with Crippen molar-refractivity contribution in [2.45, 2.75) is 12.8 Å². The number of hydrogen-bond acceptors (Lipinski definition) is 3. The second-order valence-corrected chi connectivity index (χ2v) is 4.25. The summed E-state index contributed by atoms with van der Waals surface area (Å²) in [5, 5.41) is 3.24. The Morgan fingerprint density at radius 1 is 1.31 bits per heavy atom. The fourth-order valence-electron chi connectivity index (χ4n) is 1.91. The van der Waals surface area contributed by atoms with E-state index in [0.717, 1.165) is 30.2 Å². The maximum absolute atomic E-state index is 5.55. The molecule has 3 nitrogen and oxygen atoms in total. The van der Waals surface area contributed by atoms with Gasteiger partial charge in [0.15, 0.2) is 0 Å². The van der Waals surface area contributed by atoms with Gasteiger partial charge in [-0.25, -0.2) is 4.98 Å². The van der Waals surface area contributed by atoms with Crippen molar-refractivity contribution < 1.29 is 4.42 Å². The van der Waals surface area contributed by atoms with Crippen LogP contribution in [0.3, 0.4) is 0 Å². The van der Waals surface area contributed by atoms with Crippen LogP contribution in [-0.2, 0) is 0 Å². The molecule has 1 saturated heterocycles. The summed E-state index contributed by atoms with van der Waals surface area (Å²) in [6, 6.07) is 8.16. The molecule has 0 spiro atoms. The maximum Gasteiger partial charge on any atom is 0.226 e. The number of nitrogens with zero attached hydrogens (tertiary/aromatic N) is 1. The zero-order chi connectivity index (χ0) is 11.0. The van der Waals surface area contributed by atoms with Crippen LogP contribution in [0.2, 0.25) is 0 Å². The summed E-state index contributed by atoms with van der Waals surface area (Å²) in [7, 11) is 0. The zero-order valence-electron chi connectivity index (χ0n) is 9.23. The van der Waals surface area contributed by atoms with Gasteiger partial charge in [-0.15, -0.1) is 0 Å². The van der Waals surface area contributed by atoms with Crippen LogP contribution in [0.15, 0.2) is 34.9 Å². The number of nitrogens with one attached hydrogen (secondary N) is 1. The van der Waals surface area contributed by atoms with E-state index in [-0.39, 0.29) is 0 Å². The van der Waals surface area contributed by atoms with Gasteiger partial charge in [-0.3, -0.25) is 0 Å². The standard InChI is InChI=1S/C13H14N2O/c1-9-4-2-3-5-11(9)13-15-12(8-16-13)10-6-14-7-10/h2-5,8,10,14H,6-7H2,1H3. The molecule has 0 saturated carbocycles. The predicted octanol–water partition coefficient (Wildman–Crippen LogP) is 2.34. The van der Waals surface area contributed by atoms with E-state index in [4.69, 9.17) is 4.42 Å². The van der Waals surface area contributed by atoms with Crippen molar-refractivity contribution in [1.82, 2.24) is 10.3 Å². The van der Waals surface area contributed by atoms with Crippen LogP contribution in [0.4, 0.5) is 0 Å². The van der Waals surface area contributed by atoms with Gasteiger partial charge in [0.25, 0.3) is 0 Å². The maximum atomic E-state index is 5.55. The molecule has 0 unspecified atom stereocenters. The smallest absolute Gasteiger partial charge is 0.226 e. The third-order valence-electron chi connectivity index (χ3n) is 3.10. The van der Waals surface area contributed by atoms with E-state index < -0.39 is 0 Å². The molecular formula is C13H14N2O. The lowest BCUT2D eigenvalue weighted by Gasteiger charge is -2.24. The number of rotatable bonds is 2. The fourth-order valence-corrected chi connectivity index (χ4v) is 1.91. The number of benzene rings is 1. The summed E-state index contributed by atoms with van der Waals surface area (Å²) in [5.74, 6) is 1.27. The second kappa shape index (κ2) is 3.76. The first-order valence-corrected chi connectivity index (χ1v) is 5.57. The Balaban J connectivity index is 1.95. The molecule has 0 atom stereocenters. The molecule has 1 aliphatic rings. The van der Waals surface area contributed by atoms with Gasteiger partial charge in [-0.2, -0.15) is 0 Å². The van der Waals surface area contributed by atoms with E-state index in [1.54, 1.807) is 6.26 Å². The van der Waals surface area contributed by atoms with Crippen molar-refractivity contribution in [2.75, 3.05) is 13.1 Å².